The topological polar surface area (TPSA) is 114 Å². The minimum absolute atomic E-state index is 0. The van der Waals surface area contributed by atoms with Gasteiger partial charge in [0.05, 0.1) is 20.2 Å². The summed E-state index contributed by atoms with van der Waals surface area (Å²) in [7, 11) is -8.58. The zero-order valence-corrected chi connectivity index (χ0v) is 8.97. The second-order valence-electron chi connectivity index (χ2n) is 2.23. The molecule has 0 atom stereocenters. The molecule has 0 heterocycles. The van der Waals surface area contributed by atoms with E-state index in [2.05, 4.69) is 0 Å². The number of unbranched alkanes of at least 4 members (excludes halogenated alkanes) is 1. The molecule has 0 amide bonds. The van der Waals surface area contributed by atoms with E-state index in [-0.39, 0.29) is 29.9 Å². The first kappa shape index (κ1) is 15.8. The molecule has 0 aliphatic rings. The Balaban J connectivity index is 0. The molecule has 1 radical (unpaired) electrons. The van der Waals surface area contributed by atoms with Crippen molar-refractivity contribution >= 4 is 20.2 Å². The average molecular weight is 280 g/mol. The number of hydrogen-bond donors (Lipinski definition) is 0. The van der Waals surface area contributed by atoms with E-state index < -0.39 is 31.7 Å². The summed E-state index contributed by atoms with van der Waals surface area (Å²) in [5.41, 5.74) is 0. The summed E-state index contributed by atoms with van der Waals surface area (Å²) < 4.78 is 59.8. The molecule has 0 saturated carbocycles. The summed E-state index contributed by atoms with van der Waals surface area (Å²) in [5.74, 6) is -1.24. The molecule has 0 aromatic rings. The van der Waals surface area contributed by atoms with Crippen LogP contribution in [0.2, 0.25) is 0 Å². The molecule has 0 unspecified atom stereocenters. The van der Waals surface area contributed by atoms with Crippen molar-refractivity contribution in [2.45, 2.75) is 12.8 Å². The molecule has 83 valence electrons. The fourth-order valence-electron chi connectivity index (χ4n) is 0.558. The van der Waals surface area contributed by atoms with Crippen LogP contribution in [0.5, 0.6) is 0 Å². The summed E-state index contributed by atoms with van der Waals surface area (Å²) in [6, 6.07) is 0. The van der Waals surface area contributed by atoms with Crippen LogP contribution in [-0.2, 0) is 37.3 Å². The summed E-state index contributed by atoms with van der Waals surface area (Å²) in [5, 5.41) is 0. The van der Waals surface area contributed by atoms with E-state index in [0.29, 0.717) is 0 Å². The van der Waals surface area contributed by atoms with E-state index in [9.17, 15) is 25.9 Å². The van der Waals surface area contributed by atoms with Crippen molar-refractivity contribution in [3.63, 3.8) is 0 Å². The Labute approximate surface area is 87.7 Å². The van der Waals surface area contributed by atoms with Gasteiger partial charge >= 0.3 is 17.1 Å². The van der Waals surface area contributed by atoms with Crippen LogP contribution in [0.15, 0.2) is 0 Å². The standard InChI is InChI=1S/C4H10O6S2.Cu/c5-11(6,7)3-1-2-4-12(8,9)10;/h1-4H2,(H,5,6,7)(H,8,9,10);/q;+2/p-2. The van der Waals surface area contributed by atoms with Crippen LogP contribution in [-0.4, -0.2) is 37.4 Å². The maximum Gasteiger partial charge on any atom is 2.00 e. The summed E-state index contributed by atoms with van der Waals surface area (Å²) in [6.45, 7) is 0. The van der Waals surface area contributed by atoms with Crippen molar-refractivity contribution in [3.05, 3.63) is 0 Å². The van der Waals surface area contributed by atoms with Gasteiger partial charge in [-0.25, -0.2) is 16.8 Å². The molecule has 0 rings (SSSR count). The smallest absolute Gasteiger partial charge is 0.748 e. The van der Waals surface area contributed by atoms with Crippen LogP contribution in [0.4, 0.5) is 0 Å². The first-order chi connectivity index (χ1) is 5.21. The normalized spacial score (nSPS) is 12.2. The minimum atomic E-state index is -4.29. The summed E-state index contributed by atoms with van der Waals surface area (Å²) in [6.07, 6.45) is -0.180. The average Bonchev–Trinajstić information content (AvgIpc) is 1.76. The van der Waals surface area contributed by atoms with Gasteiger partial charge in [-0.05, 0) is 12.8 Å². The van der Waals surface area contributed by atoms with Gasteiger partial charge in [-0.15, -0.1) is 0 Å². The molecule has 0 spiro atoms. The van der Waals surface area contributed by atoms with Gasteiger partial charge in [-0.3, -0.25) is 0 Å². The molecule has 0 fully saturated rings. The van der Waals surface area contributed by atoms with Crippen LogP contribution in [0.25, 0.3) is 0 Å². The van der Waals surface area contributed by atoms with E-state index in [1.54, 1.807) is 0 Å². The van der Waals surface area contributed by atoms with Crippen molar-refractivity contribution < 1.29 is 43.0 Å². The Morgan fingerprint density at radius 3 is 1.15 bits per heavy atom. The Morgan fingerprint density at radius 2 is 1.00 bits per heavy atom. The fraction of sp³-hybridized carbons (Fsp3) is 1.00. The maximum absolute atomic E-state index is 9.97. The zero-order chi connectivity index (χ0) is 9.83. The third-order valence-corrected chi connectivity index (χ3v) is 2.62. The maximum atomic E-state index is 9.97. The van der Waals surface area contributed by atoms with Crippen molar-refractivity contribution in [2.75, 3.05) is 11.5 Å². The first-order valence-electron chi connectivity index (χ1n) is 3.08. The van der Waals surface area contributed by atoms with Gasteiger partial charge in [0.25, 0.3) is 0 Å². The van der Waals surface area contributed by atoms with E-state index in [1.807, 2.05) is 0 Å². The van der Waals surface area contributed by atoms with Crippen molar-refractivity contribution in [2.24, 2.45) is 0 Å². The fourth-order valence-corrected chi connectivity index (χ4v) is 1.67. The third-order valence-electron chi connectivity index (χ3n) is 1.04. The molecular weight excluding hydrogens is 272 g/mol. The molecule has 0 aliphatic carbocycles. The molecule has 0 aliphatic heterocycles. The zero-order valence-electron chi connectivity index (χ0n) is 6.40. The van der Waals surface area contributed by atoms with Gasteiger partial charge in [0.2, 0.25) is 0 Å². The monoisotopic (exact) mass is 279 g/mol. The van der Waals surface area contributed by atoms with Gasteiger partial charge in [0.1, 0.15) is 0 Å². The van der Waals surface area contributed by atoms with Gasteiger partial charge in [0.15, 0.2) is 0 Å². The predicted molar refractivity (Wildman–Crippen MR) is 38.4 cm³/mol. The van der Waals surface area contributed by atoms with Crippen LogP contribution >= 0.6 is 0 Å². The Kier molecular flexibility index (Phi) is 7.22. The van der Waals surface area contributed by atoms with E-state index in [0.717, 1.165) is 0 Å². The molecule has 9 heteroatoms. The molecule has 0 aromatic carbocycles. The molecular formula is C4H8CuO6S2. The van der Waals surface area contributed by atoms with Crippen LogP contribution in [0.3, 0.4) is 0 Å². The van der Waals surface area contributed by atoms with Gasteiger partial charge in [0, 0.05) is 11.5 Å². The largest absolute Gasteiger partial charge is 2.00 e. The number of rotatable bonds is 5. The van der Waals surface area contributed by atoms with Crippen molar-refractivity contribution in [1.82, 2.24) is 0 Å². The van der Waals surface area contributed by atoms with Crippen LogP contribution < -0.4 is 0 Å². The summed E-state index contributed by atoms with van der Waals surface area (Å²) in [4.78, 5) is 0. The van der Waals surface area contributed by atoms with Crippen LogP contribution in [0, 0.1) is 0 Å². The molecule has 0 N–H and O–H groups in total. The Bertz CT molecular complexity index is 283. The molecule has 0 aromatic heterocycles. The first-order valence-corrected chi connectivity index (χ1v) is 6.23. The minimum Gasteiger partial charge on any atom is -0.748 e. The molecule has 0 saturated heterocycles. The molecule has 13 heavy (non-hydrogen) atoms. The second kappa shape index (κ2) is 5.94. The number of hydrogen-bond acceptors (Lipinski definition) is 6. The third kappa shape index (κ3) is 15.1. The predicted octanol–water partition coefficient (Wildman–Crippen LogP) is -1.15. The second-order valence-corrected chi connectivity index (χ2v) is 5.28. The summed E-state index contributed by atoms with van der Waals surface area (Å²) >= 11 is 0. The Hall–Kier alpha value is 0.339. The Morgan fingerprint density at radius 1 is 0.769 bits per heavy atom. The van der Waals surface area contributed by atoms with Crippen molar-refractivity contribution in [3.8, 4) is 0 Å². The van der Waals surface area contributed by atoms with E-state index in [1.165, 1.54) is 0 Å². The molecule has 0 bridgehead atoms. The van der Waals surface area contributed by atoms with Gasteiger partial charge in [-0.1, -0.05) is 0 Å². The van der Waals surface area contributed by atoms with Gasteiger partial charge < -0.3 is 9.11 Å². The van der Waals surface area contributed by atoms with Crippen LogP contribution in [0.1, 0.15) is 12.8 Å². The quantitative estimate of drug-likeness (QED) is 0.357. The SMILES string of the molecule is O=S(=O)([O-])CCCCS(=O)(=O)[O-].[Cu+2]. The van der Waals surface area contributed by atoms with Gasteiger partial charge in [-0.2, -0.15) is 0 Å². The van der Waals surface area contributed by atoms with E-state index >= 15 is 0 Å². The van der Waals surface area contributed by atoms with Crippen molar-refractivity contribution in [1.29, 1.82) is 0 Å². The molecule has 6 nitrogen and oxygen atoms in total. The van der Waals surface area contributed by atoms with E-state index in [4.69, 9.17) is 0 Å².